The summed E-state index contributed by atoms with van der Waals surface area (Å²) in [6.45, 7) is 10.7. The molecule has 4 heteroatoms. The Labute approximate surface area is 103 Å². The lowest BCUT2D eigenvalue weighted by molar-refractivity contribution is 0.261. The smallest absolute Gasteiger partial charge is 0.183 e. The van der Waals surface area contributed by atoms with Crippen LogP contribution in [0.25, 0.3) is 0 Å². The van der Waals surface area contributed by atoms with Gasteiger partial charge in [-0.15, -0.1) is 11.3 Å². The standard InChI is InChI=1S/C12H23N3S/c1-6-9(2)15(5)8-7-13-12-14-10(3)11(4)16-12/h9H,6-8H2,1-5H3,(H,13,14). The van der Waals surface area contributed by atoms with E-state index < -0.39 is 0 Å². The molecule has 0 saturated heterocycles. The Morgan fingerprint density at radius 3 is 2.62 bits per heavy atom. The number of thiazole rings is 1. The van der Waals surface area contributed by atoms with Gasteiger partial charge in [0, 0.05) is 24.0 Å². The Hall–Kier alpha value is -0.610. The Morgan fingerprint density at radius 1 is 1.44 bits per heavy atom. The monoisotopic (exact) mass is 241 g/mol. The summed E-state index contributed by atoms with van der Waals surface area (Å²) in [7, 11) is 2.17. The lowest BCUT2D eigenvalue weighted by Gasteiger charge is -2.23. The van der Waals surface area contributed by atoms with Crippen LogP contribution in [-0.2, 0) is 0 Å². The van der Waals surface area contributed by atoms with Crippen LogP contribution in [0.1, 0.15) is 30.8 Å². The highest BCUT2D eigenvalue weighted by Crippen LogP contribution is 2.20. The zero-order valence-electron chi connectivity index (χ0n) is 11.0. The molecule has 16 heavy (non-hydrogen) atoms. The van der Waals surface area contributed by atoms with Gasteiger partial charge in [0.25, 0.3) is 0 Å². The second-order valence-electron chi connectivity index (χ2n) is 4.33. The average molecular weight is 241 g/mol. The number of anilines is 1. The molecule has 0 aliphatic carbocycles. The highest BCUT2D eigenvalue weighted by atomic mass is 32.1. The number of aryl methyl sites for hydroxylation is 2. The van der Waals surface area contributed by atoms with E-state index in [1.54, 1.807) is 11.3 Å². The second-order valence-corrected chi connectivity index (χ2v) is 5.53. The molecule has 1 N–H and O–H groups in total. The molecule has 3 nitrogen and oxygen atoms in total. The van der Waals surface area contributed by atoms with Crippen molar-refractivity contribution in [2.24, 2.45) is 0 Å². The van der Waals surface area contributed by atoms with Crippen LogP contribution in [0.2, 0.25) is 0 Å². The summed E-state index contributed by atoms with van der Waals surface area (Å²) in [5.41, 5.74) is 1.14. The first-order valence-corrected chi connectivity index (χ1v) is 6.74. The number of nitrogens with zero attached hydrogens (tertiary/aromatic N) is 2. The number of aromatic nitrogens is 1. The maximum absolute atomic E-state index is 4.46. The van der Waals surface area contributed by atoms with Gasteiger partial charge in [-0.1, -0.05) is 6.92 Å². The molecule has 0 amide bonds. The SMILES string of the molecule is CCC(C)N(C)CCNc1nc(C)c(C)s1. The van der Waals surface area contributed by atoms with Crippen molar-refractivity contribution in [1.29, 1.82) is 0 Å². The third-order valence-electron chi connectivity index (χ3n) is 3.11. The van der Waals surface area contributed by atoms with E-state index in [9.17, 15) is 0 Å². The molecule has 0 aromatic carbocycles. The van der Waals surface area contributed by atoms with Crippen molar-refractivity contribution in [3.8, 4) is 0 Å². The molecule has 0 bridgehead atoms. The zero-order chi connectivity index (χ0) is 12.1. The molecule has 1 aromatic heterocycles. The maximum Gasteiger partial charge on any atom is 0.183 e. The number of nitrogens with one attached hydrogen (secondary N) is 1. The molecule has 0 radical (unpaired) electrons. The van der Waals surface area contributed by atoms with Gasteiger partial charge in [0.15, 0.2) is 5.13 Å². The van der Waals surface area contributed by atoms with E-state index in [0.717, 1.165) is 23.9 Å². The molecule has 0 saturated carbocycles. The molecular weight excluding hydrogens is 218 g/mol. The van der Waals surface area contributed by atoms with Crippen LogP contribution in [0.15, 0.2) is 0 Å². The molecule has 1 rings (SSSR count). The molecule has 0 aliphatic heterocycles. The fourth-order valence-electron chi connectivity index (χ4n) is 1.42. The van der Waals surface area contributed by atoms with E-state index in [1.165, 1.54) is 11.3 Å². The predicted molar refractivity (Wildman–Crippen MR) is 72.5 cm³/mol. The van der Waals surface area contributed by atoms with Crippen LogP contribution in [0.5, 0.6) is 0 Å². The Morgan fingerprint density at radius 2 is 2.12 bits per heavy atom. The van der Waals surface area contributed by atoms with Gasteiger partial charge in [-0.05, 0) is 34.2 Å². The van der Waals surface area contributed by atoms with Gasteiger partial charge in [-0.3, -0.25) is 0 Å². The molecule has 92 valence electrons. The highest BCUT2D eigenvalue weighted by Gasteiger charge is 2.07. The molecule has 1 unspecified atom stereocenters. The Bertz CT molecular complexity index is 303. The Kier molecular flexibility index (Phi) is 5.22. The lowest BCUT2D eigenvalue weighted by Crippen LogP contribution is -2.32. The van der Waals surface area contributed by atoms with Gasteiger partial charge in [0.2, 0.25) is 0 Å². The van der Waals surface area contributed by atoms with Crippen LogP contribution < -0.4 is 5.32 Å². The molecule has 1 atom stereocenters. The van der Waals surface area contributed by atoms with Crippen LogP contribution >= 0.6 is 11.3 Å². The van der Waals surface area contributed by atoms with Crippen molar-refractivity contribution >= 4 is 16.5 Å². The van der Waals surface area contributed by atoms with E-state index in [1.807, 2.05) is 0 Å². The van der Waals surface area contributed by atoms with Gasteiger partial charge in [-0.2, -0.15) is 0 Å². The average Bonchev–Trinajstić information content (AvgIpc) is 2.57. The van der Waals surface area contributed by atoms with Crippen molar-refractivity contribution < 1.29 is 0 Å². The third kappa shape index (κ3) is 3.76. The summed E-state index contributed by atoms with van der Waals surface area (Å²) in [5.74, 6) is 0. The quantitative estimate of drug-likeness (QED) is 0.830. The first-order valence-electron chi connectivity index (χ1n) is 5.92. The summed E-state index contributed by atoms with van der Waals surface area (Å²) in [4.78, 5) is 8.14. The third-order valence-corrected chi connectivity index (χ3v) is 4.14. The van der Waals surface area contributed by atoms with Crippen molar-refractivity contribution in [3.63, 3.8) is 0 Å². The first-order chi connectivity index (χ1) is 7.54. The van der Waals surface area contributed by atoms with Crippen molar-refractivity contribution in [1.82, 2.24) is 9.88 Å². The molecule has 0 fully saturated rings. The number of hydrogen-bond acceptors (Lipinski definition) is 4. The van der Waals surface area contributed by atoms with Crippen LogP contribution in [0, 0.1) is 13.8 Å². The minimum Gasteiger partial charge on any atom is -0.360 e. The minimum atomic E-state index is 0.654. The van der Waals surface area contributed by atoms with E-state index in [2.05, 4.69) is 49.9 Å². The normalized spacial score (nSPS) is 13.1. The summed E-state index contributed by atoms with van der Waals surface area (Å²) < 4.78 is 0. The van der Waals surface area contributed by atoms with Crippen molar-refractivity contribution in [3.05, 3.63) is 10.6 Å². The van der Waals surface area contributed by atoms with E-state index >= 15 is 0 Å². The van der Waals surface area contributed by atoms with E-state index in [4.69, 9.17) is 0 Å². The number of rotatable bonds is 6. The summed E-state index contributed by atoms with van der Waals surface area (Å²) >= 11 is 1.74. The van der Waals surface area contributed by atoms with Gasteiger partial charge in [0.05, 0.1) is 5.69 Å². The second kappa shape index (κ2) is 6.21. The van der Waals surface area contributed by atoms with Crippen molar-refractivity contribution in [2.45, 2.75) is 40.2 Å². The lowest BCUT2D eigenvalue weighted by atomic mass is 10.2. The predicted octanol–water partition coefficient (Wildman–Crippen LogP) is 2.90. The molecule has 1 aromatic rings. The number of hydrogen-bond donors (Lipinski definition) is 1. The van der Waals surface area contributed by atoms with Gasteiger partial charge >= 0.3 is 0 Å². The molecule has 1 heterocycles. The summed E-state index contributed by atoms with van der Waals surface area (Å²) in [5, 5.41) is 4.43. The van der Waals surface area contributed by atoms with Gasteiger partial charge in [0.1, 0.15) is 0 Å². The largest absolute Gasteiger partial charge is 0.360 e. The molecule has 0 spiro atoms. The molecular formula is C12H23N3S. The topological polar surface area (TPSA) is 28.2 Å². The van der Waals surface area contributed by atoms with E-state index in [-0.39, 0.29) is 0 Å². The summed E-state index contributed by atoms with van der Waals surface area (Å²) in [6.07, 6.45) is 1.20. The van der Waals surface area contributed by atoms with Gasteiger partial charge < -0.3 is 10.2 Å². The highest BCUT2D eigenvalue weighted by molar-refractivity contribution is 7.15. The van der Waals surface area contributed by atoms with Crippen molar-refractivity contribution in [2.75, 3.05) is 25.5 Å². The minimum absolute atomic E-state index is 0.654. The fraction of sp³-hybridized carbons (Fsp3) is 0.750. The molecule has 0 aliphatic rings. The summed E-state index contributed by atoms with van der Waals surface area (Å²) in [6, 6.07) is 0.654. The maximum atomic E-state index is 4.46. The van der Waals surface area contributed by atoms with Crippen LogP contribution in [0.4, 0.5) is 5.13 Å². The Balaban J connectivity index is 2.30. The zero-order valence-corrected chi connectivity index (χ0v) is 11.8. The fourth-order valence-corrected chi connectivity index (χ4v) is 2.26. The van der Waals surface area contributed by atoms with E-state index in [0.29, 0.717) is 6.04 Å². The van der Waals surface area contributed by atoms with Crippen LogP contribution in [-0.4, -0.2) is 36.1 Å². The van der Waals surface area contributed by atoms with Gasteiger partial charge in [-0.25, -0.2) is 4.98 Å². The van der Waals surface area contributed by atoms with Crippen LogP contribution in [0.3, 0.4) is 0 Å². The first kappa shape index (κ1) is 13.5. The number of likely N-dealkylation sites (N-methyl/N-ethyl adjacent to an activating group) is 1.